The van der Waals surface area contributed by atoms with Gasteiger partial charge in [-0.3, -0.25) is 14.6 Å². The van der Waals surface area contributed by atoms with Crippen molar-refractivity contribution < 1.29 is 19.4 Å². The van der Waals surface area contributed by atoms with E-state index in [0.717, 1.165) is 54.3 Å². The molecule has 4 aromatic rings. The van der Waals surface area contributed by atoms with Gasteiger partial charge in [-0.05, 0) is 66.4 Å². The summed E-state index contributed by atoms with van der Waals surface area (Å²) in [6, 6.07) is 13.3. The molecule has 9 heteroatoms. The lowest BCUT2D eigenvalue weighted by atomic mass is 9.93. The predicted molar refractivity (Wildman–Crippen MR) is 155 cm³/mol. The third-order valence-corrected chi connectivity index (χ3v) is 7.81. The van der Waals surface area contributed by atoms with Crippen molar-refractivity contribution in [1.82, 2.24) is 15.3 Å². The maximum absolute atomic E-state index is 11.9. The van der Waals surface area contributed by atoms with Crippen LogP contribution >= 0.6 is 22.9 Å². The quantitative estimate of drug-likeness (QED) is 0.307. The molecule has 0 aliphatic carbocycles. The van der Waals surface area contributed by atoms with E-state index in [1.54, 1.807) is 18.3 Å². The largest absolute Gasteiger partial charge is 0.481 e. The number of halogens is 1. The van der Waals surface area contributed by atoms with Crippen LogP contribution in [0.25, 0.3) is 37.5 Å². The molecule has 1 aliphatic rings. The average Bonchev–Trinajstić information content (AvgIpc) is 3.33. The molecule has 1 atom stereocenters. The van der Waals surface area contributed by atoms with Gasteiger partial charge in [0.25, 0.3) is 0 Å². The first-order chi connectivity index (χ1) is 18.8. The Balaban J connectivity index is 1.60. The van der Waals surface area contributed by atoms with Crippen LogP contribution in [-0.4, -0.2) is 46.2 Å². The Kier molecular flexibility index (Phi) is 7.88. The summed E-state index contributed by atoms with van der Waals surface area (Å²) < 4.78 is 6.46. The SMILES string of the molecule is Cc1cc2nc(-c3ccnc(C4=C/CNC(=O)COC(C)/C=C\4)c3)sc2c(-c2ccc(Cl)cc2)c1CC(=O)O. The molecule has 1 aliphatic heterocycles. The predicted octanol–water partition coefficient (Wildman–Crippen LogP) is 6.09. The number of allylic oxidation sites excluding steroid dienone is 2. The number of rotatable bonds is 5. The molecule has 2 aromatic heterocycles. The first kappa shape index (κ1) is 26.7. The van der Waals surface area contributed by atoms with Crippen LogP contribution in [0.3, 0.4) is 0 Å². The molecule has 2 aromatic carbocycles. The van der Waals surface area contributed by atoms with E-state index in [1.165, 1.54) is 11.3 Å². The summed E-state index contributed by atoms with van der Waals surface area (Å²) in [6.07, 6.45) is 7.21. The maximum atomic E-state index is 11.9. The first-order valence-electron chi connectivity index (χ1n) is 12.4. The molecule has 0 fully saturated rings. The number of carbonyl (C=O) groups is 2. The van der Waals surface area contributed by atoms with Gasteiger partial charge in [0.15, 0.2) is 0 Å². The molecule has 0 spiro atoms. The number of nitrogens with one attached hydrogen (secondary N) is 1. The summed E-state index contributed by atoms with van der Waals surface area (Å²) >= 11 is 7.66. The fraction of sp³-hybridized carbons (Fsp3) is 0.200. The number of aryl methyl sites for hydroxylation is 1. The van der Waals surface area contributed by atoms with Gasteiger partial charge in [0, 0.05) is 28.9 Å². The summed E-state index contributed by atoms with van der Waals surface area (Å²) in [4.78, 5) is 33.2. The van der Waals surface area contributed by atoms with Gasteiger partial charge in [0.1, 0.15) is 11.6 Å². The van der Waals surface area contributed by atoms with E-state index >= 15 is 0 Å². The Morgan fingerprint density at radius 1 is 1.21 bits per heavy atom. The number of ether oxygens (including phenoxy) is 1. The summed E-state index contributed by atoms with van der Waals surface area (Å²) in [7, 11) is 0. The summed E-state index contributed by atoms with van der Waals surface area (Å²) in [5, 5.41) is 13.9. The van der Waals surface area contributed by atoms with Gasteiger partial charge >= 0.3 is 5.97 Å². The number of carboxylic acids is 1. The number of thiazole rings is 1. The molecular formula is C30H26ClN3O4S. The average molecular weight is 560 g/mol. The number of fused-ring (bicyclic) bond motifs is 1. The molecular weight excluding hydrogens is 534 g/mol. The fourth-order valence-corrected chi connectivity index (χ4v) is 5.73. The van der Waals surface area contributed by atoms with Crippen LogP contribution in [0.2, 0.25) is 5.02 Å². The van der Waals surface area contributed by atoms with Gasteiger partial charge in [-0.15, -0.1) is 11.3 Å². The highest BCUT2D eigenvalue weighted by atomic mass is 35.5. The lowest BCUT2D eigenvalue weighted by molar-refractivity contribution is -0.136. The number of carboxylic acid groups (broad SMARTS) is 1. The minimum Gasteiger partial charge on any atom is -0.481 e. The van der Waals surface area contributed by atoms with Crippen molar-refractivity contribution in [3.05, 3.63) is 88.7 Å². The van der Waals surface area contributed by atoms with Gasteiger partial charge in [0.2, 0.25) is 5.91 Å². The van der Waals surface area contributed by atoms with Crippen molar-refractivity contribution in [2.24, 2.45) is 0 Å². The van der Waals surface area contributed by atoms with Gasteiger partial charge in [-0.25, -0.2) is 4.98 Å². The van der Waals surface area contributed by atoms with Crippen molar-refractivity contribution in [3.63, 3.8) is 0 Å². The van der Waals surface area contributed by atoms with E-state index in [-0.39, 0.29) is 25.0 Å². The molecule has 1 amide bonds. The molecule has 3 heterocycles. The minimum absolute atomic E-state index is 0.0195. The van der Waals surface area contributed by atoms with E-state index < -0.39 is 5.97 Å². The number of nitrogens with zero attached hydrogens (tertiary/aromatic N) is 2. The maximum Gasteiger partial charge on any atom is 0.307 e. The number of carbonyl (C=O) groups excluding carboxylic acids is 1. The Morgan fingerprint density at radius 2 is 2.00 bits per heavy atom. The van der Waals surface area contributed by atoms with Crippen molar-refractivity contribution in [2.75, 3.05) is 13.2 Å². The molecule has 1 unspecified atom stereocenters. The Bertz CT molecular complexity index is 1630. The number of hydrogen-bond donors (Lipinski definition) is 2. The summed E-state index contributed by atoms with van der Waals surface area (Å²) in [5.41, 5.74) is 6.69. The fourth-order valence-electron chi connectivity index (χ4n) is 4.47. The number of pyridine rings is 1. The highest BCUT2D eigenvalue weighted by molar-refractivity contribution is 7.22. The molecule has 0 saturated carbocycles. The molecule has 0 radical (unpaired) electrons. The first-order valence-corrected chi connectivity index (χ1v) is 13.6. The van der Waals surface area contributed by atoms with Crippen molar-refractivity contribution >= 4 is 50.6 Å². The van der Waals surface area contributed by atoms with Crippen LogP contribution in [0, 0.1) is 6.92 Å². The zero-order valence-corrected chi connectivity index (χ0v) is 23.0. The lowest BCUT2D eigenvalue weighted by Gasteiger charge is -2.13. The van der Waals surface area contributed by atoms with Crippen LogP contribution in [0.1, 0.15) is 23.7 Å². The normalized spacial score (nSPS) is 18.3. The van der Waals surface area contributed by atoms with Crippen LogP contribution in [0.15, 0.2) is 66.9 Å². The van der Waals surface area contributed by atoms with Gasteiger partial charge in [-0.1, -0.05) is 42.0 Å². The molecule has 5 rings (SSSR count). The van der Waals surface area contributed by atoms with Crippen LogP contribution in [-0.2, 0) is 20.7 Å². The van der Waals surface area contributed by atoms with Crippen molar-refractivity contribution in [2.45, 2.75) is 26.4 Å². The molecule has 198 valence electrons. The Labute approximate surface area is 234 Å². The smallest absolute Gasteiger partial charge is 0.307 e. The van der Waals surface area contributed by atoms with Gasteiger partial charge in [0.05, 0.1) is 28.4 Å². The lowest BCUT2D eigenvalue weighted by Crippen LogP contribution is -2.29. The zero-order chi connectivity index (χ0) is 27.5. The van der Waals surface area contributed by atoms with Crippen molar-refractivity contribution in [3.8, 4) is 21.7 Å². The minimum atomic E-state index is -0.890. The van der Waals surface area contributed by atoms with E-state index in [0.29, 0.717) is 11.6 Å². The molecule has 39 heavy (non-hydrogen) atoms. The Hall–Kier alpha value is -3.85. The van der Waals surface area contributed by atoms with E-state index in [4.69, 9.17) is 21.3 Å². The van der Waals surface area contributed by atoms with E-state index in [2.05, 4.69) is 10.3 Å². The third kappa shape index (κ3) is 6.09. The second-order valence-corrected chi connectivity index (χ2v) is 10.7. The third-order valence-electron chi connectivity index (χ3n) is 6.42. The highest BCUT2D eigenvalue weighted by Gasteiger charge is 2.20. The molecule has 2 N–H and O–H groups in total. The second-order valence-electron chi connectivity index (χ2n) is 9.26. The molecule has 0 bridgehead atoms. The van der Waals surface area contributed by atoms with Crippen LogP contribution in [0.4, 0.5) is 0 Å². The van der Waals surface area contributed by atoms with Gasteiger partial charge in [-0.2, -0.15) is 0 Å². The summed E-state index contributed by atoms with van der Waals surface area (Å²) in [5.74, 6) is -1.06. The number of benzene rings is 2. The zero-order valence-electron chi connectivity index (χ0n) is 21.4. The summed E-state index contributed by atoms with van der Waals surface area (Å²) in [6.45, 7) is 4.18. The van der Waals surface area contributed by atoms with Gasteiger partial charge < -0.3 is 15.2 Å². The highest BCUT2D eigenvalue weighted by Crippen LogP contribution is 2.41. The second kappa shape index (κ2) is 11.5. The Morgan fingerprint density at radius 3 is 2.77 bits per heavy atom. The van der Waals surface area contributed by atoms with E-state index in [9.17, 15) is 14.7 Å². The molecule has 7 nitrogen and oxygen atoms in total. The number of hydrogen-bond acceptors (Lipinski definition) is 6. The molecule has 0 saturated heterocycles. The van der Waals surface area contributed by atoms with Crippen LogP contribution in [0.5, 0.6) is 0 Å². The van der Waals surface area contributed by atoms with Crippen LogP contribution < -0.4 is 5.32 Å². The monoisotopic (exact) mass is 559 g/mol. The standard InChI is InChI=1S/C30H26ClN3O4S/c1-17-13-25-29(28(23(17)15-27(36)37)20-5-7-22(31)8-6-20)39-30(34-25)21-10-11-32-24(14-21)19-4-3-18(2)38-16-26(35)33-12-9-19/h3-11,13-14,18H,12,15-16H2,1-2H3,(H,33,35)(H,36,37)/b4-3-,19-9+. The number of amides is 1. The van der Waals surface area contributed by atoms with Crippen molar-refractivity contribution in [1.29, 1.82) is 0 Å². The number of aliphatic carboxylic acids is 1. The van der Waals surface area contributed by atoms with E-state index in [1.807, 2.05) is 62.4 Å². The topological polar surface area (TPSA) is 101 Å². The number of aromatic nitrogens is 2.